The Hall–Kier alpha value is -3.68. The van der Waals surface area contributed by atoms with Crippen molar-refractivity contribution in [2.45, 2.75) is 6.92 Å². The molecule has 0 aliphatic heterocycles. The Kier molecular flexibility index (Phi) is 5.16. The van der Waals surface area contributed by atoms with Crippen LogP contribution in [0.4, 0.5) is 5.69 Å². The van der Waals surface area contributed by atoms with Gasteiger partial charge in [0.1, 0.15) is 5.69 Å². The zero-order chi connectivity index (χ0) is 19.4. The van der Waals surface area contributed by atoms with E-state index in [1.165, 1.54) is 16.9 Å². The van der Waals surface area contributed by atoms with Crippen molar-refractivity contribution in [3.05, 3.63) is 70.4 Å². The predicted octanol–water partition coefficient (Wildman–Crippen LogP) is 1.45. The summed E-state index contributed by atoms with van der Waals surface area (Å²) in [6.07, 6.45) is 1.51. The first-order chi connectivity index (χ1) is 12.9. The van der Waals surface area contributed by atoms with Gasteiger partial charge in [-0.25, -0.2) is 0 Å². The smallest absolute Gasteiger partial charge is 0.269 e. The number of H-pyrrole nitrogens is 1. The Bertz CT molecular complexity index is 1030. The molecule has 2 aromatic heterocycles. The van der Waals surface area contributed by atoms with E-state index in [1.54, 1.807) is 31.3 Å². The quantitative estimate of drug-likeness (QED) is 0.636. The number of nitrogens with zero attached hydrogens (tertiary/aromatic N) is 2. The van der Waals surface area contributed by atoms with Gasteiger partial charge in [-0.2, -0.15) is 5.10 Å². The molecule has 0 atom stereocenters. The molecule has 0 spiro atoms. The lowest BCUT2D eigenvalue weighted by Gasteiger charge is -2.09. The standard InChI is InChI=1S/C19H19N5O3/c1-12-15(7-8-17(25)22-12)13-3-5-14(6-4-13)23-18(26)11-20-19(27)16-9-10-21-24(16)2/h3-10H,11H2,1-2H3,(H,20,27)(H,22,25)(H,23,26). The Labute approximate surface area is 155 Å². The molecule has 0 saturated heterocycles. The molecule has 138 valence electrons. The van der Waals surface area contributed by atoms with Gasteiger partial charge in [0.05, 0.1) is 6.54 Å². The number of amides is 2. The minimum Gasteiger partial charge on any atom is -0.342 e. The first-order valence-corrected chi connectivity index (χ1v) is 8.30. The average molecular weight is 365 g/mol. The fraction of sp³-hybridized carbons (Fsp3) is 0.158. The van der Waals surface area contributed by atoms with Crippen LogP contribution in [-0.4, -0.2) is 33.1 Å². The highest BCUT2D eigenvalue weighted by molar-refractivity contribution is 5.98. The van der Waals surface area contributed by atoms with Gasteiger partial charge in [0.2, 0.25) is 11.5 Å². The van der Waals surface area contributed by atoms with E-state index in [1.807, 2.05) is 19.1 Å². The van der Waals surface area contributed by atoms with Gasteiger partial charge in [-0.05, 0) is 36.8 Å². The minimum absolute atomic E-state index is 0.145. The summed E-state index contributed by atoms with van der Waals surface area (Å²) in [5, 5.41) is 9.19. The predicted molar refractivity (Wildman–Crippen MR) is 101 cm³/mol. The van der Waals surface area contributed by atoms with Crippen molar-refractivity contribution in [2.75, 3.05) is 11.9 Å². The summed E-state index contributed by atoms with van der Waals surface area (Å²) in [6.45, 7) is 1.68. The minimum atomic E-state index is -0.367. The SMILES string of the molecule is Cc1[nH]c(=O)ccc1-c1ccc(NC(=O)CNC(=O)c2ccnn2C)cc1. The molecule has 2 heterocycles. The van der Waals surface area contributed by atoms with E-state index in [4.69, 9.17) is 0 Å². The number of anilines is 1. The monoisotopic (exact) mass is 365 g/mol. The van der Waals surface area contributed by atoms with E-state index in [0.29, 0.717) is 11.4 Å². The Balaban J connectivity index is 1.59. The van der Waals surface area contributed by atoms with Gasteiger partial charge in [-0.3, -0.25) is 19.1 Å². The van der Waals surface area contributed by atoms with Gasteiger partial charge in [0.25, 0.3) is 5.91 Å². The van der Waals surface area contributed by atoms with Crippen LogP contribution in [0.3, 0.4) is 0 Å². The normalized spacial score (nSPS) is 10.4. The van der Waals surface area contributed by atoms with Crippen LogP contribution in [0.15, 0.2) is 53.5 Å². The highest BCUT2D eigenvalue weighted by Crippen LogP contribution is 2.22. The van der Waals surface area contributed by atoms with Gasteiger partial charge >= 0.3 is 0 Å². The molecular formula is C19H19N5O3. The van der Waals surface area contributed by atoms with Crippen LogP contribution in [0.25, 0.3) is 11.1 Å². The van der Waals surface area contributed by atoms with Crippen molar-refractivity contribution in [2.24, 2.45) is 7.05 Å². The zero-order valence-electron chi connectivity index (χ0n) is 14.9. The number of pyridine rings is 1. The lowest BCUT2D eigenvalue weighted by Crippen LogP contribution is -2.33. The first-order valence-electron chi connectivity index (χ1n) is 8.30. The summed E-state index contributed by atoms with van der Waals surface area (Å²) >= 11 is 0. The highest BCUT2D eigenvalue weighted by Gasteiger charge is 2.11. The molecule has 0 fully saturated rings. The van der Waals surface area contributed by atoms with Gasteiger partial charge < -0.3 is 15.6 Å². The Morgan fingerprint density at radius 2 is 1.85 bits per heavy atom. The second kappa shape index (κ2) is 7.69. The topological polar surface area (TPSA) is 109 Å². The molecule has 0 unspecified atom stereocenters. The van der Waals surface area contributed by atoms with Gasteiger partial charge in [0.15, 0.2) is 0 Å². The van der Waals surface area contributed by atoms with Crippen molar-refractivity contribution >= 4 is 17.5 Å². The van der Waals surface area contributed by atoms with E-state index < -0.39 is 0 Å². The van der Waals surface area contributed by atoms with Crippen LogP contribution in [0.2, 0.25) is 0 Å². The van der Waals surface area contributed by atoms with Crippen molar-refractivity contribution in [3.63, 3.8) is 0 Å². The van der Waals surface area contributed by atoms with E-state index >= 15 is 0 Å². The largest absolute Gasteiger partial charge is 0.342 e. The molecule has 0 radical (unpaired) electrons. The van der Waals surface area contributed by atoms with Crippen LogP contribution in [0, 0.1) is 6.92 Å². The second-order valence-corrected chi connectivity index (χ2v) is 6.01. The van der Waals surface area contributed by atoms with E-state index in [2.05, 4.69) is 20.7 Å². The summed E-state index contributed by atoms with van der Waals surface area (Å²) in [6, 6.07) is 12.0. The van der Waals surface area contributed by atoms with Crippen LogP contribution >= 0.6 is 0 Å². The molecule has 27 heavy (non-hydrogen) atoms. The van der Waals surface area contributed by atoms with Crippen LogP contribution < -0.4 is 16.2 Å². The number of benzene rings is 1. The molecule has 3 rings (SSSR count). The fourth-order valence-corrected chi connectivity index (χ4v) is 2.68. The van der Waals surface area contributed by atoms with Crippen LogP contribution in [0.5, 0.6) is 0 Å². The van der Waals surface area contributed by atoms with Crippen molar-refractivity contribution in [3.8, 4) is 11.1 Å². The fourth-order valence-electron chi connectivity index (χ4n) is 2.68. The van der Waals surface area contributed by atoms with Crippen LogP contribution in [0.1, 0.15) is 16.2 Å². The van der Waals surface area contributed by atoms with E-state index in [-0.39, 0.29) is 23.9 Å². The molecule has 3 N–H and O–H groups in total. The number of aromatic amines is 1. The van der Waals surface area contributed by atoms with Gasteiger partial charge in [0, 0.05) is 36.3 Å². The molecule has 0 saturated carbocycles. The van der Waals surface area contributed by atoms with Crippen molar-refractivity contribution in [1.82, 2.24) is 20.1 Å². The molecular weight excluding hydrogens is 346 g/mol. The zero-order valence-corrected chi connectivity index (χ0v) is 14.9. The summed E-state index contributed by atoms with van der Waals surface area (Å²) in [5.74, 6) is -0.701. The van der Waals surface area contributed by atoms with Gasteiger partial charge in [-0.1, -0.05) is 12.1 Å². The number of carbonyl (C=O) groups excluding carboxylic acids is 2. The molecule has 8 nitrogen and oxygen atoms in total. The lowest BCUT2D eigenvalue weighted by molar-refractivity contribution is -0.115. The summed E-state index contributed by atoms with van der Waals surface area (Å²) in [5.41, 5.74) is 3.46. The Morgan fingerprint density at radius 3 is 2.48 bits per heavy atom. The third-order valence-electron chi connectivity index (χ3n) is 4.06. The molecule has 3 aromatic rings. The maximum Gasteiger partial charge on any atom is 0.269 e. The summed E-state index contributed by atoms with van der Waals surface area (Å²) in [4.78, 5) is 38.1. The lowest BCUT2D eigenvalue weighted by atomic mass is 10.0. The maximum atomic E-state index is 12.0. The van der Waals surface area contributed by atoms with Crippen molar-refractivity contribution < 1.29 is 9.59 Å². The van der Waals surface area contributed by atoms with Crippen LogP contribution in [-0.2, 0) is 11.8 Å². The third kappa shape index (κ3) is 4.30. The summed E-state index contributed by atoms with van der Waals surface area (Å²) < 4.78 is 1.44. The second-order valence-electron chi connectivity index (χ2n) is 6.01. The molecule has 0 aliphatic rings. The molecule has 8 heteroatoms. The highest BCUT2D eigenvalue weighted by atomic mass is 16.2. The molecule has 0 aliphatic carbocycles. The third-order valence-corrected chi connectivity index (χ3v) is 4.06. The molecule has 2 amide bonds. The maximum absolute atomic E-state index is 12.0. The number of rotatable bonds is 5. The number of aromatic nitrogens is 3. The Morgan fingerprint density at radius 1 is 1.11 bits per heavy atom. The van der Waals surface area contributed by atoms with E-state index in [9.17, 15) is 14.4 Å². The molecule has 0 bridgehead atoms. The number of hydrogen-bond acceptors (Lipinski definition) is 4. The molecule has 1 aromatic carbocycles. The average Bonchev–Trinajstić information content (AvgIpc) is 3.07. The van der Waals surface area contributed by atoms with Gasteiger partial charge in [-0.15, -0.1) is 0 Å². The van der Waals surface area contributed by atoms with E-state index in [0.717, 1.165) is 16.8 Å². The summed E-state index contributed by atoms with van der Waals surface area (Å²) in [7, 11) is 1.65. The van der Waals surface area contributed by atoms with Crippen molar-refractivity contribution in [1.29, 1.82) is 0 Å². The number of carbonyl (C=O) groups is 2. The number of nitrogens with one attached hydrogen (secondary N) is 3. The first kappa shape index (κ1) is 18.1. The number of aryl methyl sites for hydroxylation is 2. The number of hydrogen-bond donors (Lipinski definition) is 3.